The Morgan fingerprint density at radius 3 is 2.56 bits per heavy atom. The van der Waals surface area contributed by atoms with Crippen LogP contribution in [0.1, 0.15) is 24.8 Å². The molecule has 0 saturated carbocycles. The number of nitrogens with zero attached hydrogens (tertiary/aromatic N) is 2. The molecule has 0 atom stereocenters. The van der Waals surface area contributed by atoms with Crippen LogP contribution in [0.25, 0.3) is 0 Å². The second kappa shape index (κ2) is 6.11. The second-order valence-corrected chi connectivity index (χ2v) is 4.07. The van der Waals surface area contributed by atoms with Crippen molar-refractivity contribution in [2.45, 2.75) is 32.2 Å². The number of aryl methyl sites for hydroxylation is 2. The summed E-state index contributed by atoms with van der Waals surface area (Å²) in [6, 6.07) is 12.7. The van der Waals surface area contributed by atoms with Crippen LogP contribution in [0.3, 0.4) is 0 Å². The predicted molar refractivity (Wildman–Crippen MR) is 66.2 cm³/mol. The van der Waals surface area contributed by atoms with Gasteiger partial charge in [0.1, 0.15) is 0 Å². The number of aromatic nitrogens is 2. The minimum Gasteiger partial charge on any atom is -0.273 e. The van der Waals surface area contributed by atoms with Crippen molar-refractivity contribution in [3.05, 3.63) is 54.4 Å². The van der Waals surface area contributed by atoms with Crippen LogP contribution in [-0.4, -0.2) is 9.78 Å². The van der Waals surface area contributed by atoms with Gasteiger partial charge in [0, 0.05) is 18.9 Å². The lowest BCUT2D eigenvalue weighted by Gasteiger charge is -2.02. The van der Waals surface area contributed by atoms with Crippen molar-refractivity contribution in [2.24, 2.45) is 0 Å². The number of hydrogen-bond acceptors (Lipinski definition) is 1. The third kappa shape index (κ3) is 3.54. The quantitative estimate of drug-likeness (QED) is 0.675. The summed E-state index contributed by atoms with van der Waals surface area (Å²) in [7, 11) is 0. The fourth-order valence-electron chi connectivity index (χ4n) is 1.86. The van der Waals surface area contributed by atoms with E-state index < -0.39 is 0 Å². The summed E-state index contributed by atoms with van der Waals surface area (Å²) in [5, 5.41) is 4.19. The molecule has 2 rings (SSSR count). The van der Waals surface area contributed by atoms with E-state index in [1.54, 1.807) is 0 Å². The highest BCUT2D eigenvalue weighted by atomic mass is 15.3. The van der Waals surface area contributed by atoms with Crippen LogP contribution in [0.15, 0.2) is 48.8 Å². The van der Waals surface area contributed by atoms with Gasteiger partial charge in [-0.25, -0.2) is 0 Å². The van der Waals surface area contributed by atoms with Crippen LogP contribution < -0.4 is 0 Å². The summed E-state index contributed by atoms with van der Waals surface area (Å²) in [5.41, 5.74) is 1.45. The number of hydrogen-bond donors (Lipinski definition) is 0. The van der Waals surface area contributed by atoms with Crippen molar-refractivity contribution in [3.63, 3.8) is 0 Å². The number of rotatable bonds is 6. The molecule has 0 N–H and O–H groups in total. The molecule has 0 radical (unpaired) electrons. The van der Waals surface area contributed by atoms with Crippen LogP contribution >= 0.6 is 0 Å². The Morgan fingerprint density at radius 1 is 0.938 bits per heavy atom. The molecule has 0 aliphatic heterocycles. The lowest BCUT2D eigenvalue weighted by molar-refractivity contribution is 0.544. The standard InChI is InChI=1S/C14H18N2/c1-3-8-14(9-4-1)10-5-2-6-12-16-13-7-11-15-16/h1,3-4,7-9,11,13H,2,5-6,10,12H2. The molecule has 1 aromatic heterocycles. The van der Waals surface area contributed by atoms with Gasteiger partial charge in [0.15, 0.2) is 0 Å². The summed E-state index contributed by atoms with van der Waals surface area (Å²) in [4.78, 5) is 0. The van der Waals surface area contributed by atoms with Gasteiger partial charge in [-0.2, -0.15) is 5.10 Å². The largest absolute Gasteiger partial charge is 0.273 e. The Morgan fingerprint density at radius 2 is 1.81 bits per heavy atom. The Kier molecular flexibility index (Phi) is 4.17. The number of unbranched alkanes of at least 4 members (excludes halogenated alkanes) is 2. The van der Waals surface area contributed by atoms with Crippen molar-refractivity contribution in [3.8, 4) is 0 Å². The smallest absolute Gasteiger partial charge is 0.0489 e. The van der Waals surface area contributed by atoms with Gasteiger partial charge >= 0.3 is 0 Å². The molecule has 0 unspecified atom stereocenters. The molecule has 84 valence electrons. The van der Waals surface area contributed by atoms with E-state index in [-0.39, 0.29) is 0 Å². The molecule has 0 aliphatic carbocycles. The summed E-state index contributed by atoms with van der Waals surface area (Å²) < 4.78 is 2.00. The molecule has 0 aliphatic rings. The van der Waals surface area contributed by atoms with Crippen LogP contribution in [0.4, 0.5) is 0 Å². The maximum absolute atomic E-state index is 4.19. The molecular weight excluding hydrogens is 196 g/mol. The number of benzene rings is 1. The van der Waals surface area contributed by atoms with Gasteiger partial charge in [0.05, 0.1) is 0 Å². The fraction of sp³-hybridized carbons (Fsp3) is 0.357. The molecule has 16 heavy (non-hydrogen) atoms. The Hall–Kier alpha value is -1.57. The highest BCUT2D eigenvalue weighted by Crippen LogP contribution is 2.06. The third-order valence-electron chi connectivity index (χ3n) is 2.75. The lowest BCUT2D eigenvalue weighted by Crippen LogP contribution is -1.98. The normalized spacial score (nSPS) is 10.5. The predicted octanol–water partition coefficient (Wildman–Crippen LogP) is 3.30. The van der Waals surface area contributed by atoms with Gasteiger partial charge in [-0.3, -0.25) is 4.68 Å². The van der Waals surface area contributed by atoms with Gasteiger partial charge in [0.25, 0.3) is 0 Å². The molecule has 2 nitrogen and oxygen atoms in total. The first-order valence-electron chi connectivity index (χ1n) is 5.96. The minimum absolute atomic E-state index is 1.04. The molecule has 1 aromatic carbocycles. The first kappa shape index (κ1) is 10.9. The highest BCUT2D eigenvalue weighted by molar-refractivity contribution is 5.14. The van der Waals surface area contributed by atoms with E-state index in [4.69, 9.17) is 0 Å². The van der Waals surface area contributed by atoms with E-state index in [2.05, 4.69) is 35.4 Å². The molecule has 2 heteroatoms. The van der Waals surface area contributed by atoms with Gasteiger partial charge in [-0.1, -0.05) is 36.8 Å². The summed E-state index contributed by atoms with van der Waals surface area (Å²) in [6.45, 7) is 1.04. The molecule has 0 amide bonds. The topological polar surface area (TPSA) is 17.8 Å². The molecular formula is C14H18N2. The zero-order chi connectivity index (χ0) is 11.1. The Balaban J connectivity index is 1.59. The monoisotopic (exact) mass is 214 g/mol. The summed E-state index contributed by atoms with van der Waals surface area (Å²) in [6.07, 6.45) is 8.82. The SMILES string of the molecule is c1ccc(CCCCCn2cccn2)cc1. The van der Waals surface area contributed by atoms with Crippen LogP contribution in [0.2, 0.25) is 0 Å². The van der Waals surface area contributed by atoms with Gasteiger partial charge in [-0.05, 0) is 30.9 Å². The van der Waals surface area contributed by atoms with E-state index in [0.29, 0.717) is 0 Å². The Labute approximate surface area is 96.9 Å². The van der Waals surface area contributed by atoms with Crippen LogP contribution in [0.5, 0.6) is 0 Å². The average molecular weight is 214 g/mol. The molecule has 0 bridgehead atoms. The first-order chi connectivity index (χ1) is 7.95. The fourth-order valence-corrected chi connectivity index (χ4v) is 1.86. The highest BCUT2D eigenvalue weighted by Gasteiger charge is 1.94. The maximum Gasteiger partial charge on any atom is 0.0489 e. The van der Waals surface area contributed by atoms with E-state index >= 15 is 0 Å². The third-order valence-corrected chi connectivity index (χ3v) is 2.75. The van der Waals surface area contributed by atoms with Crippen molar-refractivity contribution in [2.75, 3.05) is 0 Å². The van der Waals surface area contributed by atoms with Crippen molar-refractivity contribution in [1.82, 2.24) is 9.78 Å². The van der Waals surface area contributed by atoms with Gasteiger partial charge < -0.3 is 0 Å². The molecule has 2 aromatic rings. The summed E-state index contributed by atoms with van der Waals surface area (Å²) in [5.74, 6) is 0. The minimum atomic E-state index is 1.04. The van der Waals surface area contributed by atoms with Gasteiger partial charge in [0.2, 0.25) is 0 Å². The van der Waals surface area contributed by atoms with Crippen LogP contribution in [-0.2, 0) is 13.0 Å². The van der Waals surface area contributed by atoms with E-state index in [9.17, 15) is 0 Å². The molecule has 0 fully saturated rings. The first-order valence-corrected chi connectivity index (χ1v) is 5.96. The molecule has 1 heterocycles. The van der Waals surface area contributed by atoms with Crippen molar-refractivity contribution >= 4 is 0 Å². The zero-order valence-electron chi connectivity index (χ0n) is 9.55. The maximum atomic E-state index is 4.19. The zero-order valence-corrected chi connectivity index (χ0v) is 9.55. The van der Waals surface area contributed by atoms with Crippen LogP contribution in [0, 0.1) is 0 Å². The Bertz CT molecular complexity index is 378. The average Bonchev–Trinajstić information content (AvgIpc) is 2.83. The van der Waals surface area contributed by atoms with E-state index in [1.807, 2.05) is 23.1 Å². The summed E-state index contributed by atoms with van der Waals surface area (Å²) >= 11 is 0. The molecule has 0 saturated heterocycles. The lowest BCUT2D eigenvalue weighted by atomic mass is 10.1. The van der Waals surface area contributed by atoms with Crippen molar-refractivity contribution in [1.29, 1.82) is 0 Å². The second-order valence-electron chi connectivity index (χ2n) is 4.07. The van der Waals surface area contributed by atoms with E-state index in [0.717, 1.165) is 6.54 Å². The van der Waals surface area contributed by atoms with E-state index in [1.165, 1.54) is 31.2 Å². The molecule has 0 spiro atoms. The van der Waals surface area contributed by atoms with Gasteiger partial charge in [-0.15, -0.1) is 0 Å². The van der Waals surface area contributed by atoms with Crippen molar-refractivity contribution < 1.29 is 0 Å².